The van der Waals surface area contributed by atoms with Gasteiger partial charge in [0.15, 0.2) is 11.6 Å². The summed E-state index contributed by atoms with van der Waals surface area (Å²) in [6, 6.07) is 4.03. The second-order valence-electron chi connectivity index (χ2n) is 9.63. The Bertz CT molecular complexity index is 988. The van der Waals surface area contributed by atoms with Gasteiger partial charge in [0.1, 0.15) is 0 Å². The summed E-state index contributed by atoms with van der Waals surface area (Å²) >= 11 is 0. The zero-order chi connectivity index (χ0) is 23.3. The number of nitrogens with zero attached hydrogens (tertiary/aromatic N) is 4. The third kappa shape index (κ3) is 4.55. The lowest BCUT2D eigenvalue weighted by Gasteiger charge is -2.28. The van der Waals surface area contributed by atoms with E-state index in [-0.39, 0.29) is 11.9 Å². The molecule has 3 fully saturated rings. The maximum atomic E-state index is 12.7. The van der Waals surface area contributed by atoms with E-state index in [9.17, 15) is 13.2 Å². The third-order valence-electron chi connectivity index (χ3n) is 7.19. The van der Waals surface area contributed by atoms with Gasteiger partial charge in [-0.1, -0.05) is 0 Å². The standard InChI is InChI=1S/C23H30F3N5O2/c1-13(2)31-19(21-16-9-15(10-17(16)21)30-4-3-6-32-7-5-30)11-18(29-31)14-8-20(22(27)28-12-14)33-23(24,25)26/h8,11-13,15-17,21H,3-7,9-10H2,1-2H3,(H2,27,28)/t15?,16-,17+,21+. The summed E-state index contributed by atoms with van der Waals surface area (Å²) in [4.78, 5) is 6.49. The Morgan fingerprint density at radius 1 is 1.15 bits per heavy atom. The van der Waals surface area contributed by atoms with Gasteiger partial charge in [-0.25, -0.2) is 4.98 Å². The first-order valence-electron chi connectivity index (χ1n) is 11.6. The second kappa shape index (κ2) is 8.47. The van der Waals surface area contributed by atoms with Gasteiger partial charge < -0.3 is 15.2 Å². The fraction of sp³-hybridized carbons (Fsp3) is 0.652. The molecule has 1 unspecified atom stereocenters. The number of fused-ring (bicyclic) bond motifs is 1. The van der Waals surface area contributed by atoms with E-state index < -0.39 is 12.1 Å². The molecule has 0 spiro atoms. The van der Waals surface area contributed by atoms with Crippen LogP contribution in [0.2, 0.25) is 0 Å². The first-order valence-corrected chi connectivity index (χ1v) is 11.6. The van der Waals surface area contributed by atoms with Crippen LogP contribution in [0, 0.1) is 11.8 Å². The van der Waals surface area contributed by atoms with E-state index in [4.69, 9.17) is 15.6 Å². The maximum absolute atomic E-state index is 12.7. The van der Waals surface area contributed by atoms with Gasteiger partial charge in [-0.3, -0.25) is 9.58 Å². The Kier molecular flexibility index (Phi) is 5.76. The van der Waals surface area contributed by atoms with Gasteiger partial charge in [0.25, 0.3) is 0 Å². The van der Waals surface area contributed by atoms with E-state index >= 15 is 0 Å². The Hall–Kier alpha value is -2.33. The van der Waals surface area contributed by atoms with Gasteiger partial charge in [0.2, 0.25) is 0 Å². The summed E-state index contributed by atoms with van der Waals surface area (Å²) in [7, 11) is 0. The molecule has 0 radical (unpaired) electrons. The highest BCUT2D eigenvalue weighted by molar-refractivity contribution is 5.64. The Labute approximate surface area is 191 Å². The summed E-state index contributed by atoms with van der Waals surface area (Å²) < 4.78 is 49.8. The SMILES string of the molecule is CC(C)n1nc(-c2cnc(N)c(OC(F)(F)F)c2)cc1[C@H]1[C@@H]2CC(N3CCCOCC3)C[C@@H]21. The summed E-state index contributed by atoms with van der Waals surface area (Å²) in [6.07, 6.45) is 0.0647. The van der Waals surface area contributed by atoms with E-state index in [1.807, 2.05) is 10.7 Å². The molecule has 5 rings (SSSR count). The van der Waals surface area contributed by atoms with Crippen LogP contribution in [0.5, 0.6) is 5.75 Å². The molecule has 1 aliphatic heterocycles. The predicted octanol–water partition coefficient (Wildman–Crippen LogP) is 4.22. The van der Waals surface area contributed by atoms with Crippen LogP contribution in [0.1, 0.15) is 50.8 Å². The lowest BCUT2D eigenvalue weighted by Crippen LogP contribution is -2.36. The van der Waals surface area contributed by atoms with Gasteiger partial charge in [0, 0.05) is 55.2 Å². The quantitative estimate of drug-likeness (QED) is 0.712. The molecule has 10 heteroatoms. The van der Waals surface area contributed by atoms with Crippen molar-refractivity contribution in [2.45, 2.75) is 57.5 Å². The van der Waals surface area contributed by atoms with Gasteiger partial charge in [-0.15, -0.1) is 13.2 Å². The topological polar surface area (TPSA) is 78.4 Å². The highest BCUT2D eigenvalue weighted by Gasteiger charge is 2.58. The Balaban J connectivity index is 1.35. The lowest BCUT2D eigenvalue weighted by atomic mass is 10.0. The number of anilines is 1. The minimum atomic E-state index is -4.83. The normalized spacial score (nSPS) is 28.1. The molecule has 2 aromatic rings. The van der Waals surface area contributed by atoms with Crippen molar-refractivity contribution in [3.63, 3.8) is 0 Å². The minimum Gasteiger partial charge on any atom is -0.402 e. The van der Waals surface area contributed by atoms with Gasteiger partial charge in [0.05, 0.1) is 12.3 Å². The van der Waals surface area contributed by atoms with Crippen molar-refractivity contribution < 1.29 is 22.6 Å². The molecule has 2 N–H and O–H groups in total. The molecule has 0 aromatic carbocycles. The molecule has 1 saturated heterocycles. The Morgan fingerprint density at radius 2 is 1.91 bits per heavy atom. The zero-order valence-electron chi connectivity index (χ0n) is 18.9. The van der Waals surface area contributed by atoms with Crippen LogP contribution in [0.4, 0.5) is 19.0 Å². The average molecular weight is 466 g/mol. The first kappa shape index (κ1) is 22.5. The molecule has 2 saturated carbocycles. The van der Waals surface area contributed by atoms with Crippen molar-refractivity contribution in [1.29, 1.82) is 0 Å². The summed E-state index contributed by atoms with van der Waals surface area (Å²) in [5, 5.41) is 4.73. The van der Waals surface area contributed by atoms with Crippen LogP contribution in [-0.4, -0.2) is 58.4 Å². The minimum absolute atomic E-state index is 0.140. The third-order valence-corrected chi connectivity index (χ3v) is 7.19. The molecule has 3 aliphatic rings. The molecular weight excluding hydrogens is 435 g/mol. The monoisotopic (exact) mass is 465 g/mol. The highest BCUT2D eigenvalue weighted by atomic mass is 19.4. The molecule has 7 nitrogen and oxygen atoms in total. The van der Waals surface area contributed by atoms with Crippen LogP contribution in [0.25, 0.3) is 11.3 Å². The molecule has 0 bridgehead atoms. The van der Waals surface area contributed by atoms with Crippen molar-refractivity contribution in [3.05, 3.63) is 24.0 Å². The molecule has 180 valence electrons. The van der Waals surface area contributed by atoms with Crippen molar-refractivity contribution in [3.8, 4) is 17.0 Å². The van der Waals surface area contributed by atoms with Crippen LogP contribution >= 0.6 is 0 Å². The van der Waals surface area contributed by atoms with Crippen molar-refractivity contribution >= 4 is 5.82 Å². The van der Waals surface area contributed by atoms with E-state index in [2.05, 4.69) is 28.5 Å². The fourth-order valence-corrected chi connectivity index (χ4v) is 5.69. The van der Waals surface area contributed by atoms with Crippen LogP contribution < -0.4 is 10.5 Å². The number of nitrogen functional groups attached to an aromatic ring is 1. The highest BCUT2D eigenvalue weighted by Crippen LogP contribution is 2.64. The summed E-state index contributed by atoms with van der Waals surface area (Å²) in [5.74, 6) is 0.903. The zero-order valence-corrected chi connectivity index (χ0v) is 18.9. The molecule has 3 heterocycles. The van der Waals surface area contributed by atoms with Crippen LogP contribution in [0.15, 0.2) is 18.3 Å². The first-order chi connectivity index (χ1) is 15.7. The summed E-state index contributed by atoms with van der Waals surface area (Å²) in [6.45, 7) is 7.92. The van der Waals surface area contributed by atoms with Gasteiger partial charge >= 0.3 is 6.36 Å². The van der Waals surface area contributed by atoms with Crippen LogP contribution in [0.3, 0.4) is 0 Å². The van der Waals surface area contributed by atoms with E-state index in [0.29, 0.717) is 35.1 Å². The van der Waals surface area contributed by atoms with Crippen molar-refractivity contribution in [2.24, 2.45) is 11.8 Å². The Morgan fingerprint density at radius 3 is 2.61 bits per heavy atom. The number of hydrogen-bond donors (Lipinski definition) is 1. The largest absolute Gasteiger partial charge is 0.573 e. The molecule has 0 amide bonds. The average Bonchev–Trinajstić information content (AvgIpc) is 3.08. The number of nitrogens with two attached hydrogens (primary N) is 1. The van der Waals surface area contributed by atoms with Gasteiger partial charge in [-0.2, -0.15) is 5.10 Å². The van der Waals surface area contributed by atoms with Crippen LogP contribution in [-0.2, 0) is 4.74 Å². The van der Waals surface area contributed by atoms with Crippen molar-refractivity contribution in [1.82, 2.24) is 19.7 Å². The summed E-state index contributed by atoms with van der Waals surface area (Å²) in [5.41, 5.74) is 7.79. The predicted molar refractivity (Wildman–Crippen MR) is 117 cm³/mol. The smallest absolute Gasteiger partial charge is 0.402 e. The molecular formula is C23H30F3N5O2. The number of ether oxygens (including phenoxy) is 2. The lowest BCUT2D eigenvalue weighted by molar-refractivity contribution is -0.274. The number of hydrogen-bond acceptors (Lipinski definition) is 6. The number of rotatable bonds is 5. The van der Waals surface area contributed by atoms with E-state index in [1.54, 1.807) is 0 Å². The number of pyridine rings is 1. The molecule has 2 aromatic heterocycles. The van der Waals surface area contributed by atoms with Gasteiger partial charge in [-0.05, 0) is 57.1 Å². The second-order valence-corrected chi connectivity index (χ2v) is 9.63. The number of aromatic nitrogens is 3. The van der Waals surface area contributed by atoms with E-state index in [1.165, 1.54) is 25.1 Å². The maximum Gasteiger partial charge on any atom is 0.573 e. The number of alkyl halides is 3. The van der Waals surface area contributed by atoms with E-state index in [0.717, 1.165) is 38.4 Å². The number of halogens is 3. The molecule has 2 aliphatic carbocycles. The molecule has 33 heavy (non-hydrogen) atoms. The fourth-order valence-electron chi connectivity index (χ4n) is 5.69. The molecule has 4 atom stereocenters. The van der Waals surface area contributed by atoms with Crippen molar-refractivity contribution in [2.75, 3.05) is 32.0 Å².